The van der Waals surface area contributed by atoms with Crippen molar-refractivity contribution in [1.29, 1.82) is 0 Å². The Kier molecular flexibility index (Phi) is 2.58. The number of fused-ring (bicyclic) bond motifs is 1. The van der Waals surface area contributed by atoms with Crippen molar-refractivity contribution in [3.05, 3.63) is 22.2 Å². The predicted octanol–water partition coefficient (Wildman–Crippen LogP) is 4.60. The first-order valence-corrected chi connectivity index (χ1v) is 7.06. The highest BCUT2D eigenvalue weighted by atomic mass is 35.7. The zero-order valence-corrected chi connectivity index (χ0v) is 9.45. The van der Waals surface area contributed by atoms with E-state index >= 15 is 0 Å². The lowest BCUT2D eigenvalue weighted by molar-refractivity contribution is 1.42. The summed E-state index contributed by atoms with van der Waals surface area (Å²) >= 11 is 11.7. The van der Waals surface area contributed by atoms with Gasteiger partial charge in [0.25, 0.3) is 0 Å². The van der Waals surface area contributed by atoms with Gasteiger partial charge in [-0.25, -0.2) is 0 Å². The Labute approximate surface area is 90.4 Å². The Bertz CT molecular complexity index is 377. The summed E-state index contributed by atoms with van der Waals surface area (Å²) in [6.07, 6.45) is 0. The number of hydrogen-bond acceptors (Lipinski definition) is 2. The van der Waals surface area contributed by atoms with Crippen molar-refractivity contribution in [1.82, 2.24) is 0 Å². The SMILES string of the molecule is Clc1cc(Cl)c2c(c1)SS(Cl)=N2. The fourth-order valence-electron chi connectivity index (χ4n) is 0.859. The van der Waals surface area contributed by atoms with Crippen LogP contribution >= 0.6 is 44.7 Å². The Balaban J connectivity index is 2.62. The van der Waals surface area contributed by atoms with Crippen molar-refractivity contribution in [3.8, 4) is 0 Å². The fourth-order valence-corrected chi connectivity index (χ4v) is 4.54. The maximum Gasteiger partial charge on any atom is 0.106 e. The molecule has 1 atom stereocenters. The van der Waals surface area contributed by atoms with Crippen LogP contribution < -0.4 is 0 Å². The van der Waals surface area contributed by atoms with E-state index in [-0.39, 0.29) is 0 Å². The van der Waals surface area contributed by atoms with E-state index in [4.69, 9.17) is 33.9 Å². The zero-order chi connectivity index (χ0) is 8.72. The van der Waals surface area contributed by atoms with Gasteiger partial charge >= 0.3 is 0 Å². The molecule has 12 heavy (non-hydrogen) atoms. The van der Waals surface area contributed by atoms with Gasteiger partial charge in [-0.05, 0) is 33.6 Å². The number of benzene rings is 1. The minimum Gasteiger partial charge on any atom is -0.199 e. The standard InChI is InChI=1S/C6H2Cl3NS2/c7-3-1-4(8)6-5(2-3)11-12(9)10-6/h1-2H. The van der Waals surface area contributed by atoms with E-state index < -0.39 is 8.94 Å². The van der Waals surface area contributed by atoms with E-state index in [1.165, 1.54) is 10.8 Å². The largest absolute Gasteiger partial charge is 0.199 e. The maximum absolute atomic E-state index is 5.89. The van der Waals surface area contributed by atoms with Crippen molar-refractivity contribution in [2.75, 3.05) is 0 Å². The predicted molar refractivity (Wildman–Crippen MR) is 57.6 cm³/mol. The topological polar surface area (TPSA) is 12.4 Å². The number of halogens is 3. The molecule has 1 nitrogen and oxygen atoms in total. The van der Waals surface area contributed by atoms with Gasteiger partial charge in [0, 0.05) is 9.92 Å². The summed E-state index contributed by atoms with van der Waals surface area (Å²) in [5, 5.41) is 1.19. The van der Waals surface area contributed by atoms with Crippen molar-refractivity contribution >= 4 is 59.3 Å². The molecule has 0 N–H and O–H groups in total. The molecule has 1 heterocycles. The molecule has 0 fully saturated rings. The molecule has 0 aromatic heterocycles. The minimum absolute atomic E-state index is 0.517. The zero-order valence-electron chi connectivity index (χ0n) is 5.55. The second kappa shape index (κ2) is 3.39. The number of nitrogens with zero attached hydrogens (tertiary/aromatic N) is 1. The van der Waals surface area contributed by atoms with Gasteiger partial charge in [0.2, 0.25) is 0 Å². The monoisotopic (exact) mass is 257 g/mol. The number of hydrogen-bond donors (Lipinski definition) is 0. The van der Waals surface area contributed by atoms with Crippen LogP contribution in [0, 0.1) is 0 Å². The molecule has 0 spiro atoms. The molecule has 1 aliphatic heterocycles. The molecule has 1 unspecified atom stereocenters. The summed E-state index contributed by atoms with van der Waals surface area (Å²) in [6.45, 7) is 0. The first-order chi connectivity index (χ1) is 5.66. The minimum atomic E-state index is -0.517. The van der Waals surface area contributed by atoms with Crippen molar-refractivity contribution < 1.29 is 0 Å². The van der Waals surface area contributed by atoms with Crippen molar-refractivity contribution in [3.63, 3.8) is 0 Å². The molecule has 0 saturated carbocycles. The van der Waals surface area contributed by atoms with E-state index in [1.54, 1.807) is 6.07 Å². The molecular weight excluding hydrogens is 257 g/mol. The molecule has 0 amide bonds. The van der Waals surface area contributed by atoms with E-state index in [9.17, 15) is 0 Å². The summed E-state index contributed by atoms with van der Waals surface area (Å²) in [6, 6.07) is 3.50. The lowest BCUT2D eigenvalue weighted by atomic mass is 10.3. The summed E-state index contributed by atoms with van der Waals surface area (Å²) in [5.74, 6) is 0. The number of rotatable bonds is 0. The molecule has 2 rings (SSSR count). The maximum atomic E-state index is 5.89. The van der Waals surface area contributed by atoms with Crippen molar-refractivity contribution in [2.45, 2.75) is 4.90 Å². The van der Waals surface area contributed by atoms with Gasteiger partial charge in [0.05, 0.1) is 14.0 Å². The molecule has 0 saturated heterocycles. The Morgan fingerprint density at radius 2 is 2.08 bits per heavy atom. The first kappa shape index (κ1) is 9.16. The molecule has 6 heteroatoms. The van der Waals surface area contributed by atoms with Crippen LogP contribution in [0.5, 0.6) is 0 Å². The second-order valence-electron chi connectivity index (χ2n) is 2.12. The van der Waals surface area contributed by atoms with Crippen LogP contribution in [-0.4, -0.2) is 0 Å². The van der Waals surface area contributed by atoms with E-state index in [1.807, 2.05) is 6.07 Å². The highest BCUT2D eigenvalue weighted by Gasteiger charge is 2.16. The van der Waals surface area contributed by atoms with Gasteiger partial charge in [-0.1, -0.05) is 23.2 Å². The van der Waals surface area contributed by atoms with Gasteiger partial charge < -0.3 is 0 Å². The highest BCUT2D eigenvalue weighted by Crippen LogP contribution is 2.47. The summed E-state index contributed by atoms with van der Waals surface area (Å²) in [5.41, 5.74) is 0.768. The summed E-state index contributed by atoms with van der Waals surface area (Å²) in [4.78, 5) is 0.964. The molecule has 0 radical (unpaired) electrons. The van der Waals surface area contributed by atoms with E-state index in [0.29, 0.717) is 10.0 Å². The van der Waals surface area contributed by atoms with Crippen LogP contribution in [0.15, 0.2) is 21.4 Å². The normalized spacial score (nSPS) is 20.4. The molecular formula is C6H2Cl3NS2. The first-order valence-electron chi connectivity index (χ1n) is 2.96. The van der Waals surface area contributed by atoms with Gasteiger partial charge in [-0.2, -0.15) is 4.36 Å². The fraction of sp³-hybridized carbons (Fsp3) is 0. The van der Waals surface area contributed by atoms with Crippen LogP contribution in [-0.2, 0) is 8.94 Å². The molecule has 1 aromatic rings. The highest BCUT2D eigenvalue weighted by molar-refractivity contribution is 8.78. The Morgan fingerprint density at radius 1 is 1.33 bits per heavy atom. The Morgan fingerprint density at radius 3 is 2.83 bits per heavy atom. The molecule has 1 aliphatic rings. The van der Waals surface area contributed by atoms with E-state index in [0.717, 1.165) is 10.6 Å². The quantitative estimate of drug-likeness (QED) is 0.620. The average molecular weight is 259 g/mol. The van der Waals surface area contributed by atoms with Crippen LogP contribution in [0.4, 0.5) is 5.69 Å². The molecule has 0 bridgehead atoms. The van der Waals surface area contributed by atoms with Gasteiger partial charge in [0.1, 0.15) is 5.69 Å². The molecule has 1 aromatic carbocycles. The third kappa shape index (κ3) is 1.61. The third-order valence-electron chi connectivity index (χ3n) is 1.31. The van der Waals surface area contributed by atoms with Crippen LogP contribution in [0.2, 0.25) is 10.0 Å². The lowest BCUT2D eigenvalue weighted by Gasteiger charge is -1.97. The van der Waals surface area contributed by atoms with Gasteiger partial charge in [0.15, 0.2) is 0 Å². The lowest BCUT2D eigenvalue weighted by Crippen LogP contribution is -1.70. The smallest absolute Gasteiger partial charge is 0.106 e. The van der Waals surface area contributed by atoms with Gasteiger partial charge in [-0.15, -0.1) is 0 Å². The van der Waals surface area contributed by atoms with Crippen LogP contribution in [0.3, 0.4) is 0 Å². The van der Waals surface area contributed by atoms with Gasteiger partial charge in [-0.3, -0.25) is 0 Å². The Hall–Kier alpha value is 0.590. The summed E-state index contributed by atoms with van der Waals surface area (Å²) in [7, 11) is 6.78. The average Bonchev–Trinajstić information content (AvgIpc) is 2.29. The third-order valence-corrected chi connectivity index (χ3v) is 4.72. The summed E-state index contributed by atoms with van der Waals surface area (Å²) < 4.78 is 4.16. The molecule has 64 valence electrons. The second-order valence-corrected chi connectivity index (χ2v) is 7.03. The van der Waals surface area contributed by atoms with Crippen LogP contribution in [0.1, 0.15) is 0 Å². The molecule has 0 aliphatic carbocycles. The van der Waals surface area contributed by atoms with E-state index in [2.05, 4.69) is 4.36 Å². The van der Waals surface area contributed by atoms with Crippen LogP contribution in [0.25, 0.3) is 0 Å². The van der Waals surface area contributed by atoms with Crippen molar-refractivity contribution in [2.24, 2.45) is 4.36 Å².